The number of Topliss-reactive ketones (excluding diaryl/α,β-unsaturated/α-hetero) is 1. The number of rotatable bonds is 0. The summed E-state index contributed by atoms with van der Waals surface area (Å²) in [7, 11) is 0. The maximum atomic E-state index is 12.2. The fraction of sp³-hybridized carbons (Fsp3) is 0.429. The second kappa shape index (κ2) is 3.13. The number of hydrogen-bond acceptors (Lipinski definition) is 4. The van der Waals surface area contributed by atoms with E-state index in [-0.39, 0.29) is 11.9 Å². The summed E-state index contributed by atoms with van der Waals surface area (Å²) < 4.78 is 10.7. The molecule has 18 heavy (non-hydrogen) atoms. The first-order chi connectivity index (χ1) is 8.39. The average molecular weight is 246 g/mol. The zero-order chi connectivity index (χ0) is 13.2. The highest BCUT2D eigenvalue weighted by Gasteiger charge is 2.52. The van der Waals surface area contributed by atoms with Crippen molar-refractivity contribution in [1.29, 1.82) is 0 Å². The van der Waals surface area contributed by atoms with Crippen LogP contribution in [-0.4, -0.2) is 17.9 Å². The molecule has 0 amide bonds. The molecular formula is C14H14O4. The second-order valence-corrected chi connectivity index (χ2v) is 5.18. The Hall–Kier alpha value is -1.84. The molecule has 2 heterocycles. The number of furan rings is 1. The summed E-state index contributed by atoms with van der Waals surface area (Å²) in [4.78, 5) is 24.0. The molecule has 1 aromatic heterocycles. The van der Waals surface area contributed by atoms with Crippen LogP contribution in [0.5, 0.6) is 0 Å². The molecule has 4 heteroatoms. The van der Waals surface area contributed by atoms with E-state index >= 15 is 0 Å². The van der Waals surface area contributed by atoms with Crippen molar-refractivity contribution >= 4 is 11.8 Å². The third-order valence-electron chi connectivity index (χ3n) is 4.52. The molecular weight excluding hydrogens is 232 g/mol. The molecule has 2 unspecified atom stereocenters. The first-order valence-corrected chi connectivity index (χ1v) is 5.94. The van der Waals surface area contributed by atoms with E-state index in [0.29, 0.717) is 22.5 Å². The van der Waals surface area contributed by atoms with Gasteiger partial charge in [-0.1, -0.05) is 5.57 Å². The molecule has 0 fully saturated rings. The molecule has 3 rings (SSSR count). The lowest BCUT2D eigenvalue weighted by Gasteiger charge is -2.42. The molecule has 1 aromatic rings. The van der Waals surface area contributed by atoms with Crippen LogP contribution in [0.25, 0.3) is 0 Å². The summed E-state index contributed by atoms with van der Waals surface area (Å²) in [6.07, 6.45) is 1.03. The summed E-state index contributed by atoms with van der Waals surface area (Å²) >= 11 is 0. The smallest absolute Gasteiger partial charge is 0.342 e. The summed E-state index contributed by atoms with van der Waals surface area (Å²) in [6.45, 7) is 7.55. The predicted molar refractivity (Wildman–Crippen MR) is 63.6 cm³/mol. The molecule has 0 saturated heterocycles. The van der Waals surface area contributed by atoms with Gasteiger partial charge in [0.1, 0.15) is 17.9 Å². The van der Waals surface area contributed by atoms with Crippen LogP contribution in [0, 0.1) is 0 Å². The van der Waals surface area contributed by atoms with E-state index in [2.05, 4.69) is 0 Å². The van der Waals surface area contributed by atoms with Gasteiger partial charge in [-0.2, -0.15) is 0 Å². The number of esters is 1. The highest BCUT2D eigenvalue weighted by molar-refractivity contribution is 6.12. The van der Waals surface area contributed by atoms with Crippen molar-refractivity contribution in [3.63, 3.8) is 0 Å². The minimum atomic E-state index is -0.469. The summed E-state index contributed by atoms with van der Waals surface area (Å²) in [5.74, 6) is -0.252. The average Bonchev–Trinajstić information content (AvgIpc) is 2.77. The lowest BCUT2D eigenvalue weighted by atomic mass is 9.65. The van der Waals surface area contributed by atoms with Gasteiger partial charge in [-0.3, -0.25) is 4.79 Å². The Kier molecular flexibility index (Phi) is 1.96. The van der Waals surface area contributed by atoms with Crippen molar-refractivity contribution in [3.8, 4) is 0 Å². The standard InChI is InChI=1S/C14H14O4/c1-6-7(2)14(4)8(3)18-13(16)9-5-17-12(10(9)14)11(6)15/h5,8H,1-4H3. The molecule has 1 aliphatic carbocycles. The normalized spacial score (nSPS) is 30.3. The van der Waals surface area contributed by atoms with Gasteiger partial charge in [0.2, 0.25) is 5.78 Å². The molecule has 0 bridgehead atoms. The van der Waals surface area contributed by atoms with Crippen LogP contribution in [0.4, 0.5) is 0 Å². The minimum Gasteiger partial charge on any atom is -0.460 e. The largest absolute Gasteiger partial charge is 0.460 e. The molecule has 0 aromatic carbocycles. The van der Waals surface area contributed by atoms with E-state index in [4.69, 9.17) is 9.15 Å². The molecule has 4 nitrogen and oxygen atoms in total. The first kappa shape index (κ1) is 11.3. The summed E-state index contributed by atoms with van der Waals surface area (Å²) in [5.41, 5.74) is 2.23. The number of hydrogen-bond donors (Lipinski definition) is 0. The molecule has 0 radical (unpaired) electrons. The van der Waals surface area contributed by atoms with Crippen LogP contribution in [0.15, 0.2) is 21.8 Å². The molecule has 2 aliphatic rings. The zero-order valence-electron chi connectivity index (χ0n) is 10.8. The molecule has 1 aliphatic heterocycles. The molecule has 2 atom stereocenters. The number of carbonyl (C=O) groups excluding carboxylic acids is 2. The molecule has 0 N–H and O–H groups in total. The Morgan fingerprint density at radius 3 is 2.61 bits per heavy atom. The van der Waals surface area contributed by atoms with E-state index in [1.165, 1.54) is 6.26 Å². The molecule has 94 valence electrons. The van der Waals surface area contributed by atoms with Crippen LogP contribution < -0.4 is 0 Å². The van der Waals surface area contributed by atoms with E-state index < -0.39 is 11.4 Å². The van der Waals surface area contributed by atoms with E-state index in [1.54, 1.807) is 6.92 Å². The number of cyclic esters (lactones) is 1. The molecule has 0 spiro atoms. The monoisotopic (exact) mass is 246 g/mol. The zero-order valence-corrected chi connectivity index (χ0v) is 10.8. The van der Waals surface area contributed by atoms with Crippen molar-refractivity contribution in [2.45, 2.75) is 39.2 Å². The number of ether oxygens (including phenoxy) is 1. The lowest BCUT2D eigenvalue weighted by molar-refractivity contribution is 0.0124. The third kappa shape index (κ3) is 1.01. The van der Waals surface area contributed by atoms with Gasteiger partial charge in [0.25, 0.3) is 0 Å². The van der Waals surface area contributed by atoms with Crippen molar-refractivity contribution < 1.29 is 18.7 Å². The van der Waals surface area contributed by atoms with Crippen molar-refractivity contribution in [1.82, 2.24) is 0 Å². The van der Waals surface area contributed by atoms with Gasteiger partial charge in [-0.05, 0) is 27.7 Å². The minimum absolute atomic E-state index is 0.131. The quantitative estimate of drug-likeness (QED) is 0.660. The highest BCUT2D eigenvalue weighted by atomic mass is 16.5. The van der Waals surface area contributed by atoms with Crippen LogP contribution in [0.3, 0.4) is 0 Å². The van der Waals surface area contributed by atoms with Crippen molar-refractivity contribution in [2.24, 2.45) is 0 Å². The number of ketones is 1. The fourth-order valence-electron chi connectivity index (χ4n) is 2.96. The van der Waals surface area contributed by atoms with Crippen LogP contribution in [-0.2, 0) is 10.2 Å². The maximum absolute atomic E-state index is 12.2. The van der Waals surface area contributed by atoms with Gasteiger partial charge in [0, 0.05) is 11.1 Å². The van der Waals surface area contributed by atoms with Gasteiger partial charge in [0.05, 0.1) is 5.41 Å². The topological polar surface area (TPSA) is 56.5 Å². The van der Waals surface area contributed by atoms with Gasteiger partial charge in [-0.25, -0.2) is 4.79 Å². The Labute approximate surface area is 105 Å². The Balaban J connectivity index is 2.42. The number of carbonyl (C=O) groups is 2. The van der Waals surface area contributed by atoms with Gasteiger partial charge in [0.15, 0.2) is 5.76 Å². The SMILES string of the molecule is CC1=C(C)C2(C)c3c(coc3C1=O)C(=O)OC2C. The Morgan fingerprint density at radius 2 is 1.94 bits per heavy atom. The lowest BCUT2D eigenvalue weighted by Crippen LogP contribution is -2.47. The summed E-state index contributed by atoms with van der Waals surface area (Å²) in [6, 6.07) is 0. The molecule has 0 saturated carbocycles. The maximum Gasteiger partial charge on any atom is 0.342 e. The van der Waals surface area contributed by atoms with Gasteiger partial charge >= 0.3 is 5.97 Å². The van der Waals surface area contributed by atoms with E-state index in [9.17, 15) is 9.59 Å². The van der Waals surface area contributed by atoms with Gasteiger partial charge in [-0.15, -0.1) is 0 Å². The number of allylic oxidation sites excluding steroid dienone is 1. The predicted octanol–water partition coefficient (Wildman–Crippen LogP) is 2.63. The first-order valence-electron chi connectivity index (χ1n) is 5.94. The van der Waals surface area contributed by atoms with Crippen molar-refractivity contribution in [3.05, 3.63) is 34.3 Å². The van der Waals surface area contributed by atoms with Crippen LogP contribution in [0.1, 0.15) is 54.2 Å². The second-order valence-electron chi connectivity index (χ2n) is 5.18. The highest BCUT2D eigenvalue weighted by Crippen LogP contribution is 2.49. The van der Waals surface area contributed by atoms with E-state index in [0.717, 1.165) is 5.57 Å². The van der Waals surface area contributed by atoms with Crippen LogP contribution >= 0.6 is 0 Å². The van der Waals surface area contributed by atoms with Gasteiger partial charge < -0.3 is 9.15 Å². The summed E-state index contributed by atoms with van der Waals surface area (Å²) in [5, 5.41) is 0. The fourth-order valence-corrected chi connectivity index (χ4v) is 2.96. The third-order valence-corrected chi connectivity index (χ3v) is 4.52. The Morgan fingerprint density at radius 1 is 1.28 bits per heavy atom. The Bertz CT molecular complexity index is 620. The van der Waals surface area contributed by atoms with Crippen LogP contribution in [0.2, 0.25) is 0 Å². The van der Waals surface area contributed by atoms with Crippen molar-refractivity contribution in [2.75, 3.05) is 0 Å². The van der Waals surface area contributed by atoms with E-state index in [1.807, 2.05) is 20.8 Å².